The summed E-state index contributed by atoms with van der Waals surface area (Å²) in [5.41, 5.74) is 1.17. The fraction of sp³-hybridized carbons (Fsp3) is 0.133. The lowest BCUT2D eigenvalue weighted by atomic mass is 10.2. The first-order valence-electron chi connectivity index (χ1n) is 6.14. The number of rotatable bonds is 4. The molecule has 5 nitrogen and oxygen atoms in total. The Morgan fingerprint density at radius 2 is 2.20 bits per heavy atom. The molecule has 0 aliphatic heterocycles. The van der Waals surface area contributed by atoms with Crippen LogP contribution in [0.2, 0.25) is 0 Å². The van der Waals surface area contributed by atoms with E-state index in [1.54, 1.807) is 18.2 Å². The summed E-state index contributed by atoms with van der Waals surface area (Å²) in [6.45, 7) is 2.39. The highest BCUT2D eigenvalue weighted by Gasteiger charge is 2.10. The molecule has 1 amide bonds. The average Bonchev–Trinajstić information content (AvgIpc) is 2.49. The molecule has 1 heterocycles. The highest BCUT2D eigenvalue weighted by molar-refractivity contribution is 6.05. The zero-order chi connectivity index (χ0) is 14.4. The molecule has 0 saturated heterocycles. The molecule has 0 fully saturated rings. The summed E-state index contributed by atoms with van der Waals surface area (Å²) in [5, 5.41) is 11.5. The molecular formula is C15H13N3O2. The first kappa shape index (κ1) is 13.6. The van der Waals surface area contributed by atoms with Gasteiger partial charge in [-0.3, -0.25) is 4.79 Å². The minimum absolute atomic E-state index is 0.204. The zero-order valence-corrected chi connectivity index (χ0v) is 11.0. The summed E-state index contributed by atoms with van der Waals surface area (Å²) in [4.78, 5) is 16.0. The van der Waals surface area contributed by atoms with Crippen molar-refractivity contribution >= 4 is 11.6 Å². The van der Waals surface area contributed by atoms with Crippen molar-refractivity contribution in [1.29, 1.82) is 5.26 Å². The lowest BCUT2D eigenvalue weighted by Gasteiger charge is -2.11. The third-order valence-corrected chi connectivity index (χ3v) is 2.57. The minimum Gasteiger partial charge on any atom is -0.492 e. The monoisotopic (exact) mass is 267 g/mol. The average molecular weight is 267 g/mol. The summed E-state index contributed by atoms with van der Waals surface area (Å²) in [7, 11) is 0. The van der Waals surface area contributed by atoms with Crippen LogP contribution in [0.5, 0.6) is 5.75 Å². The van der Waals surface area contributed by atoms with Crippen molar-refractivity contribution in [3.63, 3.8) is 0 Å². The molecule has 0 aliphatic rings. The van der Waals surface area contributed by atoms with Crippen LogP contribution in [0.1, 0.15) is 23.0 Å². The smallest absolute Gasteiger partial charge is 0.255 e. The molecule has 1 aromatic heterocycles. The Labute approximate surface area is 116 Å². The number of nitrogens with zero attached hydrogens (tertiary/aromatic N) is 2. The predicted octanol–water partition coefficient (Wildman–Crippen LogP) is 2.60. The third kappa shape index (κ3) is 3.12. The zero-order valence-electron chi connectivity index (χ0n) is 11.0. The Balaban J connectivity index is 2.21. The van der Waals surface area contributed by atoms with Crippen molar-refractivity contribution in [3.8, 4) is 11.8 Å². The van der Waals surface area contributed by atoms with Gasteiger partial charge in [-0.1, -0.05) is 12.1 Å². The molecule has 1 aromatic carbocycles. The number of nitriles is 1. The van der Waals surface area contributed by atoms with Crippen molar-refractivity contribution in [2.24, 2.45) is 0 Å². The van der Waals surface area contributed by atoms with Crippen molar-refractivity contribution in [2.75, 3.05) is 11.9 Å². The molecule has 5 heteroatoms. The number of amides is 1. The van der Waals surface area contributed by atoms with E-state index in [4.69, 9.17) is 10.00 Å². The topological polar surface area (TPSA) is 75.0 Å². The van der Waals surface area contributed by atoms with Gasteiger partial charge in [0.1, 0.15) is 17.5 Å². The fourth-order valence-corrected chi connectivity index (χ4v) is 1.68. The van der Waals surface area contributed by atoms with Crippen LogP contribution in [0.25, 0.3) is 0 Å². The van der Waals surface area contributed by atoms with Gasteiger partial charge >= 0.3 is 0 Å². The summed E-state index contributed by atoms with van der Waals surface area (Å²) in [6, 6.07) is 12.1. The van der Waals surface area contributed by atoms with E-state index in [-0.39, 0.29) is 11.6 Å². The number of hydrogen-bond acceptors (Lipinski definition) is 4. The number of pyridine rings is 1. The van der Waals surface area contributed by atoms with Crippen LogP contribution in [-0.2, 0) is 0 Å². The maximum Gasteiger partial charge on any atom is 0.255 e. The molecule has 0 atom stereocenters. The number of carbonyl (C=O) groups excluding carboxylic acids is 1. The molecule has 20 heavy (non-hydrogen) atoms. The Morgan fingerprint density at radius 3 is 2.95 bits per heavy atom. The van der Waals surface area contributed by atoms with Gasteiger partial charge in [0, 0.05) is 11.8 Å². The van der Waals surface area contributed by atoms with E-state index in [0.717, 1.165) is 0 Å². The van der Waals surface area contributed by atoms with E-state index in [2.05, 4.69) is 10.3 Å². The maximum atomic E-state index is 12.1. The normalized spacial score (nSPS) is 9.60. The van der Waals surface area contributed by atoms with E-state index in [9.17, 15) is 4.79 Å². The minimum atomic E-state index is -0.309. The Kier molecular flexibility index (Phi) is 4.30. The molecule has 100 valence electrons. The lowest BCUT2D eigenvalue weighted by molar-refractivity contribution is 0.102. The van der Waals surface area contributed by atoms with Crippen LogP contribution >= 0.6 is 0 Å². The van der Waals surface area contributed by atoms with Crippen LogP contribution in [0.15, 0.2) is 42.6 Å². The van der Waals surface area contributed by atoms with Crippen LogP contribution in [-0.4, -0.2) is 17.5 Å². The number of nitrogens with one attached hydrogen (secondary N) is 1. The second kappa shape index (κ2) is 6.34. The van der Waals surface area contributed by atoms with Crippen LogP contribution in [0.3, 0.4) is 0 Å². The first-order valence-corrected chi connectivity index (χ1v) is 6.14. The van der Waals surface area contributed by atoms with E-state index in [0.29, 0.717) is 23.6 Å². The molecule has 0 bridgehead atoms. The van der Waals surface area contributed by atoms with Crippen molar-refractivity contribution in [2.45, 2.75) is 6.92 Å². The summed E-state index contributed by atoms with van der Waals surface area (Å²) in [5.74, 6) is 0.300. The first-order chi connectivity index (χ1) is 9.74. The van der Waals surface area contributed by atoms with E-state index in [1.165, 1.54) is 12.3 Å². The molecule has 0 radical (unpaired) electrons. The predicted molar refractivity (Wildman–Crippen MR) is 74.5 cm³/mol. The van der Waals surface area contributed by atoms with Crippen molar-refractivity contribution in [3.05, 3.63) is 53.9 Å². The van der Waals surface area contributed by atoms with Crippen LogP contribution in [0.4, 0.5) is 5.69 Å². The SMILES string of the molecule is CCOc1ccccc1NC(=O)c1ccnc(C#N)c1. The van der Waals surface area contributed by atoms with Gasteiger partial charge in [0.25, 0.3) is 5.91 Å². The van der Waals surface area contributed by atoms with Crippen LogP contribution in [0, 0.1) is 11.3 Å². The number of hydrogen-bond donors (Lipinski definition) is 1. The molecular weight excluding hydrogens is 254 g/mol. The number of benzene rings is 1. The van der Waals surface area contributed by atoms with Gasteiger partial charge in [-0.05, 0) is 31.2 Å². The highest BCUT2D eigenvalue weighted by Crippen LogP contribution is 2.24. The number of carbonyl (C=O) groups is 1. The highest BCUT2D eigenvalue weighted by atomic mass is 16.5. The Bertz CT molecular complexity index is 662. The summed E-state index contributed by atoms with van der Waals surface area (Å²) in [6.07, 6.45) is 1.43. The summed E-state index contributed by atoms with van der Waals surface area (Å²) >= 11 is 0. The second-order valence-corrected chi connectivity index (χ2v) is 3.92. The van der Waals surface area contributed by atoms with Gasteiger partial charge in [0.15, 0.2) is 0 Å². The van der Waals surface area contributed by atoms with Gasteiger partial charge in [0.05, 0.1) is 12.3 Å². The van der Waals surface area contributed by atoms with Gasteiger partial charge in [-0.2, -0.15) is 5.26 Å². The maximum absolute atomic E-state index is 12.1. The van der Waals surface area contributed by atoms with E-state index < -0.39 is 0 Å². The number of anilines is 1. The number of para-hydroxylation sites is 2. The third-order valence-electron chi connectivity index (χ3n) is 2.57. The van der Waals surface area contributed by atoms with Crippen molar-refractivity contribution < 1.29 is 9.53 Å². The molecule has 0 spiro atoms. The van der Waals surface area contributed by atoms with Crippen molar-refractivity contribution in [1.82, 2.24) is 4.98 Å². The van der Waals surface area contributed by atoms with Gasteiger partial charge in [-0.25, -0.2) is 4.98 Å². The van der Waals surface area contributed by atoms with Crippen LogP contribution < -0.4 is 10.1 Å². The Morgan fingerprint density at radius 1 is 1.40 bits per heavy atom. The second-order valence-electron chi connectivity index (χ2n) is 3.92. The van der Waals surface area contributed by atoms with E-state index in [1.807, 2.05) is 25.1 Å². The Hall–Kier alpha value is -2.87. The number of aromatic nitrogens is 1. The molecule has 2 aromatic rings. The standard InChI is InChI=1S/C15H13N3O2/c1-2-20-14-6-4-3-5-13(14)18-15(19)11-7-8-17-12(9-11)10-16/h3-9H,2H2,1H3,(H,18,19). The molecule has 0 unspecified atom stereocenters. The van der Waals surface area contributed by atoms with Gasteiger partial charge in [0.2, 0.25) is 0 Å². The quantitative estimate of drug-likeness (QED) is 0.923. The fourth-order valence-electron chi connectivity index (χ4n) is 1.68. The van der Waals surface area contributed by atoms with E-state index >= 15 is 0 Å². The number of ether oxygens (including phenoxy) is 1. The summed E-state index contributed by atoms with van der Waals surface area (Å²) < 4.78 is 5.44. The van der Waals surface area contributed by atoms with Gasteiger partial charge in [-0.15, -0.1) is 0 Å². The molecule has 0 saturated carbocycles. The molecule has 2 rings (SSSR count). The molecule has 0 aliphatic carbocycles. The van der Waals surface area contributed by atoms with Gasteiger partial charge < -0.3 is 10.1 Å². The largest absolute Gasteiger partial charge is 0.492 e. The molecule has 1 N–H and O–H groups in total. The lowest BCUT2D eigenvalue weighted by Crippen LogP contribution is -2.13.